The molecule has 4 rings (SSSR count). The number of fused-ring (bicyclic) bond motifs is 1. The van der Waals surface area contributed by atoms with Gasteiger partial charge in [-0.15, -0.1) is 0 Å². The SMILES string of the molecule is NC[C@H]1CCC[C@H]1C(=O)N(C1CC1)C1CCCc2ccccc21. The quantitative estimate of drug-likeness (QED) is 0.926. The lowest BCUT2D eigenvalue weighted by Crippen LogP contribution is -2.43. The summed E-state index contributed by atoms with van der Waals surface area (Å²) < 4.78 is 0. The van der Waals surface area contributed by atoms with Crippen LogP contribution in [0.25, 0.3) is 0 Å². The smallest absolute Gasteiger partial charge is 0.226 e. The van der Waals surface area contributed by atoms with Crippen LogP contribution in [0.3, 0.4) is 0 Å². The van der Waals surface area contributed by atoms with Gasteiger partial charge in [-0.05, 0) is 68.5 Å². The molecular weight excluding hydrogens is 284 g/mol. The van der Waals surface area contributed by atoms with Crippen molar-refractivity contribution in [3.8, 4) is 0 Å². The zero-order chi connectivity index (χ0) is 15.8. The Kier molecular flexibility index (Phi) is 4.14. The Labute approximate surface area is 139 Å². The van der Waals surface area contributed by atoms with Crippen LogP contribution in [0.4, 0.5) is 0 Å². The van der Waals surface area contributed by atoms with Crippen molar-refractivity contribution >= 4 is 5.91 Å². The molecule has 2 N–H and O–H groups in total. The predicted molar refractivity (Wildman–Crippen MR) is 91.9 cm³/mol. The Balaban J connectivity index is 1.63. The third kappa shape index (κ3) is 2.80. The van der Waals surface area contributed by atoms with Crippen molar-refractivity contribution < 1.29 is 4.79 Å². The standard InChI is InChI=1S/C20H28N2O/c21-13-15-7-3-9-18(15)20(23)22(16-11-12-16)19-10-4-6-14-5-1-2-8-17(14)19/h1-2,5,8,15-16,18-19H,3-4,6-7,9-13,21H2/t15-,18-,19?/m1/s1. The summed E-state index contributed by atoms with van der Waals surface area (Å²) in [6.07, 6.45) is 9.19. The number of aryl methyl sites for hydroxylation is 1. The molecule has 0 aromatic heterocycles. The molecule has 0 bridgehead atoms. The second kappa shape index (κ2) is 6.27. The number of rotatable bonds is 4. The number of nitrogens with two attached hydrogens (primary N) is 1. The maximum Gasteiger partial charge on any atom is 0.226 e. The average Bonchev–Trinajstić information content (AvgIpc) is 3.30. The molecule has 3 heteroatoms. The Bertz CT molecular complexity index is 581. The monoisotopic (exact) mass is 312 g/mol. The van der Waals surface area contributed by atoms with Gasteiger partial charge in [0, 0.05) is 12.0 Å². The van der Waals surface area contributed by atoms with E-state index in [4.69, 9.17) is 5.73 Å². The van der Waals surface area contributed by atoms with Crippen LogP contribution in [0.2, 0.25) is 0 Å². The van der Waals surface area contributed by atoms with Gasteiger partial charge in [-0.1, -0.05) is 30.7 Å². The van der Waals surface area contributed by atoms with Crippen molar-refractivity contribution in [1.82, 2.24) is 4.90 Å². The molecule has 2 fully saturated rings. The number of carbonyl (C=O) groups is 1. The minimum absolute atomic E-state index is 0.176. The van der Waals surface area contributed by atoms with Crippen LogP contribution in [0.15, 0.2) is 24.3 Å². The van der Waals surface area contributed by atoms with E-state index in [1.54, 1.807) is 0 Å². The Morgan fingerprint density at radius 1 is 1.09 bits per heavy atom. The lowest BCUT2D eigenvalue weighted by atomic mass is 9.85. The number of carbonyl (C=O) groups excluding carboxylic acids is 1. The summed E-state index contributed by atoms with van der Waals surface area (Å²) >= 11 is 0. The first-order valence-corrected chi connectivity index (χ1v) is 9.39. The van der Waals surface area contributed by atoms with E-state index in [1.165, 1.54) is 30.4 Å². The van der Waals surface area contributed by atoms with Crippen molar-refractivity contribution in [2.75, 3.05) is 6.54 Å². The molecule has 0 heterocycles. The molecule has 0 aliphatic heterocycles. The van der Waals surface area contributed by atoms with Crippen LogP contribution in [-0.4, -0.2) is 23.4 Å². The van der Waals surface area contributed by atoms with Crippen LogP contribution >= 0.6 is 0 Å². The molecule has 3 aliphatic rings. The van der Waals surface area contributed by atoms with E-state index in [2.05, 4.69) is 29.2 Å². The predicted octanol–water partition coefficient (Wildman–Crippen LogP) is 3.43. The molecule has 1 amide bonds. The summed E-state index contributed by atoms with van der Waals surface area (Å²) in [6, 6.07) is 9.54. The van der Waals surface area contributed by atoms with Crippen molar-refractivity contribution in [1.29, 1.82) is 0 Å². The summed E-state index contributed by atoms with van der Waals surface area (Å²) in [6.45, 7) is 0.663. The summed E-state index contributed by atoms with van der Waals surface area (Å²) in [5, 5.41) is 0. The van der Waals surface area contributed by atoms with Gasteiger partial charge in [0.1, 0.15) is 0 Å². The minimum Gasteiger partial charge on any atom is -0.332 e. The zero-order valence-electron chi connectivity index (χ0n) is 13.9. The Morgan fingerprint density at radius 3 is 2.70 bits per heavy atom. The van der Waals surface area contributed by atoms with Gasteiger partial charge in [-0.2, -0.15) is 0 Å². The summed E-state index contributed by atoms with van der Waals surface area (Å²) in [5.74, 6) is 0.986. The van der Waals surface area contributed by atoms with Crippen LogP contribution in [-0.2, 0) is 11.2 Å². The highest BCUT2D eigenvalue weighted by molar-refractivity contribution is 5.80. The van der Waals surface area contributed by atoms with Crippen molar-refractivity contribution in [3.63, 3.8) is 0 Å². The number of benzene rings is 1. The second-order valence-corrected chi connectivity index (χ2v) is 7.62. The third-order valence-electron chi connectivity index (χ3n) is 6.15. The minimum atomic E-state index is 0.176. The normalized spacial score (nSPS) is 30.0. The van der Waals surface area contributed by atoms with E-state index in [-0.39, 0.29) is 5.92 Å². The highest BCUT2D eigenvalue weighted by Gasteiger charge is 2.44. The number of nitrogens with zero attached hydrogens (tertiary/aromatic N) is 1. The molecule has 1 aromatic rings. The molecule has 3 aliphatic carbocycles. The van der Waals surface area contributed by atoms with E-state index in [0.717, 1.165) is 32.1 Å². The Morgan fingerprint density at radius 2 is 1.91 bits per heavy atom. The fourth-order valence-corrected chi connectivity index (χ4v) is 4.79. The van der Waals surface area contributed by atoms with E-state index >= 15 is 0 Å². The van der Waals surface area contributed by atoms with E-state index in [1.807, 2.05) is 0 Å². The van der Waals surface area contributed by atoms with Crippen LogP contribution in [0, 0.1) is 11.8 Å². The first-order valence-electron chi connectivity index (χ1n) is 9.39. The molecule has 0 spiro atoms. The summed E-state index contributed by atoms with van der Waals surface area (Å²) in [4.78, 5) is 15.7. The molecule has 3 nitrogen and oxygen atoms in total. The lowest BCUT2D eigenvalue weighted by molar-refractivity contribution is -0.140. The van der Waals surface area contributed by atoms with Gasteiger partial charge in [-0.3, -0.25) is 4.79 Å². The molecule has 23 heavy (non-hydrogen) atoms. The van der Waals surface area contributed by atoms with Gasteiger partial charge >= 0.3 is 0 Å². The fourth-order valence-electron chi connectivity index (χ4n) is 4.79. The van der Waals surface area contributed by atoms with Gasteiger partial charge in [0.05, 0.1) is 6.04 Å². The van der Waals surface area contributed by atoms with Gasteiger partial charge < -0.3 is 10.6 Å². The number of amides is 1. The topological polar surface area (TPSA) is 46.3 Å². The summed E-state index contributed by atoms with van der Waals surface area (Å²) in [5.41, 5.74) is 8.79. The zero-order valence-corrected chi connectivity index (χ0v) is 13.9. The molecule has 1 unspecified atom stereocenters. The maximum absolute atomic E-state index is 13.4. The molecule has 3 atom stereocenters. The van der Waals surface area contributed by atoms with Gasteiger partial charge in [0.15, 0.2) is 0 Å². The van der Waals surface area contributed by atoms with Crippen molar-refractivity contribution in [2.24, 2.45) is 17.6 Å². The number of hydrogen-bond donors (Lipinski definition) is 1. The van der Waals surface area contributed by atoms with Crippen LogP contribution < -0.4 is 5.73 Å². The molecular formula is C20H28N2O. The third-order valence-corrected chi connectivity index (χ3v) is 6.15. The van der Waals surface area contributed by atoms with Crippen LogP contribution in [0.5, 0.6) is 0 Å². The molecule has 0 radical (unpaired) electrons. The van der Waals surface area contributed by atoms with E-state index in [9.17, 15) is 4.79 Å². The molecule has 124 valence electrons. The summed E-state index contributed by atoms with van der Waals surface area (Å²) in [7, 11) is 0. The average molecular weight is 312 g/mol. The lowest BCUT2D eigenvalue weighted by Gasteiger charge is -2.38. The van der Waals surface area contributed by atoms with Crippen molar-refractivity contribution in [3.05, 3.63) is 35.4 Å². The number of hydrogen-bond acceptors (Lipinski definition) is 2. The van der Waals surface area contributed by atoms with E-state index < -0.39 is 0 Å². The first-order chi connectivity index (χ1) is 11.3. The highest BCUT2D eigenvalue weighted by Crippen LogP contribution is 2.44. The van der Waals surface area contributed by atoms with Gasteiger partial charge in [0.25, 0.3) is 0 Å². The molecule has 0 saturated heterocycles. The van der Waals surface area contributed by atoms with E-state index in [0.29, 0.717) is 30.5 Å². The fraction of sp³-hybridized carbons (Fsp3) is 0.650. The Hall–Kier alpha value is -1.35. The van der Waals surface area contributed by atoms with Crippen LogP contribution in [0.1, 0.15) is 62.1 Å². The maximum atomic E-state index is 13.4. The first kappa shape index (κ1) is 15.2. The van der Waals surface area contributed by atoms with Crippen molar-refractivity contribution in [2.45, 2.75) is 63.5 Å². The second-order valence-electron chi connectivity index (χ2n) is 7.62. The highest BCUT2D eigenvalue weighted by atomic mass is 16.2. The van der Waals surface area contributed by atoms with Gasteiger partial charge in [0.2, 0.25) is 5.91 Å². The molecule has 1 aromatic carbocycles. The largest absolute Gasteiger partial charge is 0.332 e. The molecule has 2 saturated carbocycles. The van der Waals surface area contributed by atoms with Gasteiger partial charge in [-0.25, -0.2) is 0 Å².